The van der Waals surface area contributed by atoms with Gasteiger partial charge in [-0.1, -0.05) is 29.8 Å². The molecule has 1 aromatic heterocycles. The fourth-order valence-electron chi connectivity index (χ4n) is 2.24. The van der Waals surface area contributed by atoms with Gasteiger partial charge in [0.25, 0.3) is 5.91 Å². The van der Waals surface area contributed by atoms with Gasteiger partial charge >= 0.3 is 0 Å². The first-order chi connectivity index (χ1) is 9.34. The first-order valence-electron chi connectivity index (χ1n) is 6.44. The second-order valence-corrected chi connectivity index (χ2v) is 4.62. The van der Waals surface area contributed by atoms with E-state index in [1.807, 2.05) is 24.3 Å². The number of benzene rings is 1. The molecule has 0 bridgehead atoms. The van der Waals surface area contributed by atoms with Crippen LogP contribution in [-0.2, 0) is 0 Å². The Morgan fingerprint density at radius 1 is 1.35 bits per heavy atom. The lowest BCUT2D eigenvalue weighted by Crippen LogP contribution is -2.29. The van der Waals surface area contributed by atoms with Crippen molar-refractivity contribution in [2.45, 2.75) is 6.42 Å². The van der Waals surface area contributed by atoms with E-state index in [1.165, 1.54) is 5.57 Å². The molecule has 20 heavy (non-hydrogen) atoms. The Bertz CT molecular complexity index is 635. The van der Waals surface area contributed by atoms with Crippen LogP contribution in [0.5, 0.6) is 0 Å². The molecule has 1 amide bonds. The maximum absolute atomic E-state index is 12.1. The van der Waals surface area contributed by atoms with Gasteiger partial charge < -0.3 is 10.6 Å². The van der Waals surface area contributed by atoms with Gasteiger partial charge in [0.15, 0.2) is 5.69 Å². The highest BCUT2D eigenvalue weighted by Crippen LogP contribution is 2.14. The first-order valence-corrected chi connectivity index (χ1v) is 6.44. The van der Waals surface area contributed by atoms with E-state index in [-0.39, 0.29) is 18.3 Å². The lowest BCUT2D eigenvalue weighted by atomic mass is 10.1. The highest BCUT2D eigenvalue weighted by molar-refractivity contribution is 6.04. The minimum atomic E-state index is -0.128. The van der Waals surface area contributed by atoms with Gasteiger partial charge in [0.2, 0.25) is 0 Å². The molecule has 3 rings (SSSR count). The van der Waals surface area contributed by atoms with Crippen molar-refractivity contribution < 1.29 is 4.79 Å². The van der Waals surface area contributed by atoms with Gasteiger partial charge in [0, 0.05) is 18.5 Å². The monoisotopic (exact) mass is 292 g/mol. The number of hydrogen-bond donors (Lipinski definition) is 3. The highest BCUT2D eigenvalue weighted by atomic mass is 35.5. The number of fused-ring (bicyclic) bond motifs is 1. The van der Waals surface area contributed by atoms with Crippen LogP contribution in [0.25, 0.3) is 10.9 Å². The normalized spacial score (nSPS) is 14.5. The molecule has 0 saturated heterocycles. The lowest BCUT2D eigenvalue weighted by molar-refractivity contribution is 0.0953. The number of para-hydroxylation sites is 1. The van der Waals surface area contributed by atoms with E-state index in [4.69, 9.17) is 0 Å². The number of nitrogens with zero attached hydrogens (tertiary/aromatic N) is 1. The van der Waals surface area contributed by atoms with Crippen molar-refractivity contribution >= 4 is 29.2 Å². The number of carbonyl (C=O) groups excluding carboxylic acids is 1. The molecular weight excluding hydrogens is 276 g/mol. The second-order valence-electron chi connectivity index (χ2n) is 4.62. The molecule has 0 aliphatic carbocycles. The smallest absolute Gasteiger partial charge is 0.272 e. The maximum atomic E-state index is 12.1. The molecule has 0 unspecified atom stereocenters. The van der Waals surface area contributed by atoms with Gasteiger partial charge in [-0.25, -0.2) is 0 Å². The molecule has 1 aliphatic heterocycles. The number of amides is 1. The lowest BCUT2D eigenvalue weighted by Gasteiger charge is -2.14. The van der Waals surface area contributed by atoms with Crippen LogP contribution in [0.1, 0.15) is 16.9 Å². The van der Waals surface area contributed by atoms with E-state index >= 15 is 0 Å². The summed E-state index contributed by atoms with van der Waals surface area (Å²) in [5, 5.41) is 14.0. The van der Waals surface area contributed by atoms with Crippen LogP contribution in [0.15, 0.2) is 35.9 Å². The van der Waals surface area contributed by atoms with E-state index in [0.717, 1.165) is 30.4 Å². The molecule has 106 valence electrons. The highest BCUT2D eigenvalue weighted by Gasteiger charge is 2.13. The van der Waals surface area contributed by atoms with Gasteiger partial charge in [-0.2, -0.15) is 5.10 Å². The Balaban J connectivity index is 0.00000147. The number of H-pyrrole nitrogens is 1. The van der Waals surface area contributed by atoms with Crippen molar-refractivity contribution in [2.75, 3.05) is 19.6 Å². The van der Waals surface area contributed by atoms with Crippen molar-refractivity contribution in [1.82, 2.24) is 20.8 Å². The molecule has 0 radical (unpaired) electrons. The number of aromatic nitrogens is 2. The Morgan fingerprint density at radius 3 is 3.00 bits per heavy atom. The first kappa shape index (κ1) is 14.6. The van der Waals surface area contributed by atoms with Gasteiger partial charge in [0.1, 0.15) is 0 Å². The third kappa shape index (κ3) is 3.00. The number of carbonyl (C=O) groups is 1. The van der Waals surface area contributed by atoms with Crippen LogP contribution in [-0.4, -0.2) is 35.7 Å². The predicted molar refractivity (Wildman–Crippen MR) is 81.2 cm³/mol. The van der Waals surface area contributed by atoms with Gasteiger partial charge in [0.05, 0.1) is 5.52 Å². The third-order valence-electron chi connectivity index (χ3n) is 3.32. The minimum absolute atomic E-state index is 0. The molecule has 2 aromatic rings. The van der Waals surface area contributed by atoms with Crippen LogP contribution < -0.4 is 10.6 Å². The molecule has 0 saturated carbocycles. The molecule has 3 N–H and O–H groups in total. The number of halogens is 1. The number of aromatic amines is 1. The van der Waals surface area contributed by atoms with E-state index < -0.39 is 0 Å². The van der Waals surface area contributed by atoms with Crippen LogP contribution in [0.2, 0.25) is 0 Å². The van der Waals surface area contributed by atoms with Crippen molar-refractivity contribution in [1.29, 1.82) is 0 Å². The van der Waals surface area contributed by atoms with Crippen molar-refractivity contribution in [3.8, 4) is 0 Å². The molecular formula is C14H17ClN4O. The Morgan fingerprint density at radius 2 is 2.20 bits per heavy atom. The van der Waals surface area contributed by atoms with Crippen LogP contribution in [0.4, 0.5) is 0 Å². The van der Waals surface area contributed by atoms with Crippen LogP contribution in [0, 0.1) is 0 Å². The summed E-state index contributed by atoms with van der Waals surface area (Å²) in [6.45, 7) is 2.46. The largest absolute Gasteiger partial charge is 0.347 e. The Labute approximate surface area is 123 Å². The van der Waals surface area contributed by atoms with E-state index in [0.29, 0.717) is 12.2 Å². The molecule has 0 fully saturated rings. The number of nitrogens with one attached hydrogen (secondary N) is 3. The van der Waals surface area contributed by atoms with Crippen molar-refractivity contribution in [2.24, 2.45) is 0 Å². The summed E-state index contributed by atoms with van der Waals surface area (Å²) in [6.07, 6.45) is 3.12. The summed E-state index contributed by atoms with van der Waals surface area (Å²) in [5.41, 5.74) is 2.62. The predicted octanol–water partition coefficient (Wildman–Crippen LogP) is 1.63. The SMILES string of the molecule is Cl.O=C(NCC1=CCNCC1)c1n[nH]c2ccccc12. The molecule has 2 heterocycles. The number of rotatable bonds is 3. The summed E-state index contributed by atoms with van der Waals surface area (Å²) in [4.78, 5) is 12.1. The second kappa shape index (κ2) is 6.54. The van der Waals surface area contributed by atoms with Crippen molar-refractivity contribution in [3.63, 3.8) is 0 Å². The molecule has 0 atom stereocenters. The van der Waals surface area contributed by atoms with Gasteiger partial charge in [-0.05, 0) is 19.0 Å². The zero-order valence-electron chi connectivity index (χ0n) is 11.0. The fraction of sp³-hybridized carbons (Fsp3) is 0.286. The zero-order valence-corrected chi connectivity index (χ0v) is 11.8. The summed E-state index contributed by atoms with van der Waals surface area (Å²) in [6, 6.07) is 7.64. The maximum Gasteiger partial charge on any atom is 0.272 e. The van der Waals surface area contributed by atoms with Gasteiger partial charge in [-0.15, -0.1) is 12.4 Å². The Kier molecular flexibility index (Phi) is 4.76. The fourth-order valence-corrected chi connectivity index (χ4v) is 2.24. The van der Waals surface area contributed by atoms with Crippen LogP contribution in [0.3, 0.4) is 0 Å². The molecule has 0 spiro atoms. The summed E-state index contributed by atoms with van der Waals surface area (Å²) >= 11 is 0. The third-order valence-corrected chi connectivity index (χ3v) is 3.32. The summed E-state index contributed by atoms with van der Waals surface area (Å²) < 4.78 is 0. The Hall–Kier alpha value is -1.85. The van der Waals surface area contributed by atoms with E-state index in [9.17, 15) is 4.79 Å². The van der Waals surface area contributed by atoms with Crippen LogP contribution >= 0.6 is 12.4 Å². The molecule has 1 aliphatic rings. The zero-order chi connectivity index (χ0) is 13.1. The van der Waals surface area contributed by atoms with Gasteiger partial charge in [-0.3, -0.25) is 9.89 Å². The minimum Gasteiger partial charge on any atom is -0.347 e. The van der Waals surface area contributed by atoms with E-state index in [1.54, 1.807) is 0 Å². The quantitative estimate of drug-likeness (QED) is 0.753. The van der Waals surface area contributed by atoms with Crippen molar-refractivity contribution in [3.05, 3.63) is 41.6 Å². The molecule has 1 aromatic carbocycles. The standard InChI is InChI=1S/C14H16N4O.ClH/c19-14(16-9-10-5-7-15-8-6-10)13-11-3-1-2-4-12(11)17-18-13;/h1-5,15H,6-9H2,(H,16,19)(H,17,18);1H. The summed E-state index contributed by atoms with van der Waals surface area (Å²) in [5.74, 6) is -0.128. The summed E-state index contributed by atoms with van der Waals surface area (Å²) in [7, 11) is 0. The topological polar surface area (TPSA) is 69.8 Å². The molecule has 5 nitrogen and oxygen atoms in total. The average molecular weight is 293 g/mol. The molecule has 6 heteroatoms. The number of hydrogen-bond acceptors (Lipinski definition) is 3. The van der Waals surface area contributed by atoms with E-state index in [2.05, 4.69) is 26.9 Å². The average Bonchev–Trinajstić information content (AvgIpc) is 2.90.